The molecule has 76 valence electrons. The molecule has 0 amide bonds. The lowest BCUT2D eigenvalue weighted by molar-refractivity contribution is -0.00566. The number of nitrogens with one attached hydrogen (secondary N) is 1. The van der Waals surface area contributed by atoms with E-state index in [1.165, 1.54) is 0 Å². The van der Waals surface area contributed by atoms with Crippen LogP contribution in [0.3, 0.4) is 0 Å². The maximum atomic E-state index is 5.61. The Bertz CT molecular complexity index is 176. The molecule has 0 aromatic carbocycles. The van der Waals surface area contributed by atoms with Crippen LogP contribution in [0.4, 0.5) is 0 Å². The largest absolute Gasteiger partial charge is 0.378 e. The molecule has 13 heavy (non-hydrogen) atoms. The summed E-state index contributed by atoms with van der Waals surface area (Å²) in [6.45, 7) is 5.53. The Balaban J connectivity index is 2.10. The van der Waals surface area contributed by atoms with Gasteiger partial charge in [0.15, 0.2) is 5.96 Å². The number of hydrogen-bond donors (Lipinski definition) is 2. The van der Waals surface area contributed by atoms with Crippen LogP contribution in [-0.2, 0) is 4.74 Å². The van der Waals surface area contributed by atoms with Gasteiger partial charge in [-0.3, -0.25) is 4.99 Å². The van der Waals surface area contributed by atoms with E-state index in [0.717, 1.165) is 26.0 Å². The minimum absolute atomic E-state index is 0.428. The highest BCUT2D eigenvalue weighted by atomic mass is 16.5. The fraction of sp³-hybridized carbons (Fsp3) is 0.889. The van der Waals surface area contributed by atoms with E-state index in [4.69, 9.17) is 10.5 Å². The molecule has 0 heterocycles. The van der Waals surface area contributed by atoms with Crippen molar-refractivity contribution >= 4 is 5.96 Å². The summed E-state index contributed by atoms with van der Waals surface area (Å²) in [6.07, 6.45) is 2.53. The Hall–Kier alpha value is -0.770. The van der Waals surface area contributed by atoms with E-state index >= 15 is 0 Å². The van der Waals surface area contributed by atoms with Crippen molar-refractivity contribution in [1.82, 2.24) is 5.32 Å². The Morgan fingerprint density at radius 2 is 2.23 bits per heavy atom. The number of rotatable bonds is 4. The van der Waals surface area contributed by atoms with E-state index in [2.05, 4.69) is 10.3 Å². The van der Waals surface area contributed by atoms with Crippen LogP contribution in [0, 0.1) is 0 Å². The van der Waals surface area contributed by atoms with Gasteiger partial charge in [-0.25, -0.2) is 0 Å². The second-order valence-corrected chi connectivity index (χ2v) is 3.25. The van der Waals surface area contributed by atoms with Gasteiger partial charge < -0.3 is 15.8 Å². The molecule has 3 N–H and O–H groups in total. The molecule has 0 bridgehead atoms. The number of hydrogen-bond acceptors (Lipinski definition) is 2. The lowest BCUT2D eigenvalue weighted by atomic mass is 9.89. The molecule has 1 rings (SSSR count). The first-order valence-electron chi connectivity index (χ1n) is 4.94. The second kappa shape index (κ2) is 5.07. The van der Waals surface area contributed by atoms with Crippen LogP contribution in [0.2, 0.25) is 0 Å². The third-order valence-corrected chi connectivity index (χ3v) is 2.18. The molecule has 0 aliphatic heterocycles. The van der Waals surface area contributed by atoms with Gasteiger partial charge in [0, 0.05) is 19.2 Å². The van der Waals surface area contributed by atoms with Crippen molar-refractivity contribution in [2.24, 2.45) is 10.7 Å². The predicted octanol–water partition coefficient (Wildman–Crippen LogP) is 0.478. The fourth-order valence-electron chi connectivity index (χ4n) is 1.48. The van der Waals surface area contributed by atoms with Gasteiger partial charge in [0.05, 0.1) is 6.10 Å². The highest BCUT2D eigenvalue weighted by molar-refractivity contribution is 5.78. The molecular formula is C9H19N3O. The normalized spacial score (nSPS) is 28.3. The molecule has 1 aliphatic rings. The minimum atomic E-state index is 0.428. The van der Waals surface area contributed by atoms with Crippen LogP contribution >= 0.6 is 0 Å². The maximum Gasteiger partial charge on any atom is 0.188 e. The summed E-state index contributed by atoms with van der Waals surface area (Å²) in [6, 6.07) is 0.465. The predicted molar refractivity (Wildman–Crippen MR) is 53.7 cm³/mol. The highest BCUT2D eigenvalue weighted by Gasteiger charge is 2.29. The first-order chi connectivity index (χ1) is 6.26. The van der Waals surface area contributed by atoms with Gasteiger partial charge in [-0.05, 0) is 26.7 Å². The number of ether oxygens (including phenoxy) is 1. The first-order valence-corrected chi connectivity index (χ1v) is 4.94. The van der Waals surface area contributed by atoms with Crippen molar-refractivity contribution < 1.29 is 4.74 Å². The van der Waals surface area contributed by atoms with Crippen LogP contribution in [0.5, 0.6) is 0 Å². The summed E-state index contributed by atoms with van der Waals surface area (Å²) < 4.78 is 5.43. The van der Waals surface area contributed by atoms with E-state index in [1.54, 1.807) is 0 Å². The van der Waals surface area contributed by atoms with Crippen LogP contribution < -0.4 is 11.1 Å². The molecule has 0 aromatic heterocycles. The average molecular weight is 185 g/mol. The number of nitrogens with zero attached hydrogens (tertiary/aromatic N) is 1. The molecule has 1 fully saturated rings. The quantitative estimate of drug-likeness (QED) is 0.494. The van der Waals surface area contributed by atoms with E-state index in [1.807, 2.05) is 13.8 Å². The van der Waals surface area contributed by atoms with Crippen molar-refractivity contribution in [3.05, 3.63) is 0 Å². The van der Waals surface area contributed by atoms with Crippen LogP contribution in [-0.4, -0.2) is 31.3 Å². The summed E-state index contributed by atoms with van der Waals surface area (Å²) >= 11 is 0. The summed E-state index contributed by atoms with van der Waals surface area (Å²) in [4.78, 5) is 4.06. The topological polar surface area (TPSA) is 59.6 Å². The third kappa shape index (κ3) is 3.22. The SMILES string of the molecule is CCN=C(N)NC1CC(OCC)C1. The van der Waals surface area contributed by atoms with Crippen molar-refractivity contribution in [2.45, 2.75) is 38.8 Å². The standard InChI is InChI=1S/C9H19N3O/c1-3-11-9(10)12-7-5-8(6-7)13-4-2/h7-8H,3-6H2,1-2H3,(H3,10,11,12). The van der Waals surface area contributed by atoms with E-state index in [0.29, 0.717) is 18.1 Å². The van der Waals surface area contributed by atoms with Gasteiger partial charge >= 0.3 is 0 Å². The zero-order chi connectivity index (χ0) is 9.68. The van der Waals surface area contributed by atoms with Gasteiger partial charge in [-0.15, -0.1) is 0 Å². The fourth-order valence-corrected chi connectivity index (χ4v) is 1.48. The summed E-state index contributed by atoms with van der Waals surface area (Å²) in [5, 5.41) is 3.15. The number of nitrogens with two attached hydrogens (primary N) is 1. The first kappa shape index (κ1) is 10.3. The van der Waals surface area contributed by atoms with Gasteiger partial charge in [0.25, 0.3) is 0 Å². The smallest absolute Gasteiger partial charge is 0.188 e. The Morgan fingerprint density at radius 3 is 2.77 bits per heavy atom. The Kier molecular flexibility index (Phi) is 4.02. The molecule has 1 saturated carbocycles. The second-order valence-electron chi connectivity index (χ2n) is 3.25. The summed E-state index contributed by atoms with van der Waals surface area (Å²) in [7, 11) is 0. The zero-order valence-corrected chi connectivity index (χ0v) is 8.42. The molecule has 1 aliphatic carbocycles. The lowest BCUT2D eigenvalue weighted by Gasteiger charge is -2.35. The lowest BCUT2D eigenvalue weighted by Crippen LogP contribution is -2.50. The maximum absolute atomic E-state index is 5.61. The van der Waals surface area contributed by atoms with Crippen molar-refractivity contribution in [1.29, 1.82) is 0 Å². The summed E-state index contributed by atoms with van der Waals surface area (Å²) in [5.41, 5.74) is 5.61. The van der Waals surface area contributed by atoms with Crippen molar-refractivity contribution in [3.8, 4) is 0 Å². The van der Waals surface area contributed by atoms with Gasteiger partial charge in [-0.1, -0.05) is 0 Å². The monoisotopic (exact) mass is 185 g/mol. The number of guanidine groups is 1. The van der Waals surface area contributed by atoms with Crippen LogP contribution in [0.15, 0.2) is 4.99 Å². The van der Waals surface area contributed by atoms with Gasteiger partial charge in [0.2, 0.25) is 0 Å². The minimum Gasteiger partial charge on any atom is -0.378 e. The number of aliphatic imine (C=N–C) groups is 1. The van der Waals surface area contributed by atoms with Crippen molar-refractivity contribution in [2.75, 3.05) is 13.2 Å². The molecule has 0 aromatic rings. The third-order valence-electron chi connectivity index (χ3n) is 2.18. The van der Waals surface area contributed by atoms with Crippen LogP contribution in [0.25, 0.3) is 0 Å². The molecule has 4 heteroatoms. The van der Waals surface area contributed by atoms with Crippen LogP contribution in [0.1, 0.15) is 26.7 Å². The highest BCUT2D eigenvalue weighted by Crippen LogP contribution is 2.22. The molecule has 0 saturated heterocycles. The van der Waals surface area contributed by atoms with Gasteiger partial charge in [0.1, 0.15) is 0 Å². The Morgan fingerprint density at radius 1 is 1.54 bits per heavy atom. The Labute approximate surface area is 79.6 Å². The average Bonchev–Trinajstić information content (AvgIpc) is 2.01. The molecule has 0 spiro atoms. The van der Waals surface area contributed by atoms with E-state index in [9.17, 15) is 0 Å². The molecule has 0 atom stereocenters. The molecule has 0 radical (unpaired) electrons. The molecule has 0 unspecified atom stereocenters. The van der Waals surface area contributed by atoms with E-state index in [-0.39, 0.29) is 0 Å². The van der Waals surface area contributed by atoms with E-state index < -0.39 is 0 Å². The van der Waals surface area contributed by atoms with Crippen molar-refractivity contribution in [3.63, 3.8) is 0 Å². The summed E-state index contributed by atoms with van der Waals surface area (Å²) in [5.74, 6) is 0.558. The molecule has 4 nitrogen and oxygen atoms in total. The van der Waals surface area contributed by atoms with Gasteiger partial charge in [-0.2, -0.15) is 0 Å². The molecular weight excluding hydrogens is 166 g/mol. The zero-order valence-electron chi connectivity index (χ0n) is 8.42.